The Morgan fingerprint density at radius 2 is 0.795 bits per heavy atom. The van der Waals surface area contributed by atoms with Crippen LogP contribution in [0.15, 0.2) is 152 Å². The standard InChI is InChI=1S/C39H25N5/c1-3-14-26(15-4-1)37-40-38(27-16-5-2-6-17-27)42-39(41-37)44-33-23-12-9-20-30(33)36-34(24-13-25-35(36)44)43-31-21-10-7-18-28(31)29-19-8-11-22-32(29)43/h1-25H. The predicted octanol–water partition coefficient (Wildman–Crippen LogP) is 9.40. The van der Waals surface area contributed by atoms with E-state index in [-0.39, 0.29) is 0 Å². The van der Waals surface area contributed by atoms with E-state index in [1.165, 1.54) is 21.8 Å². The second kappa shape index (κ2) is 9.75. The summed E-state index contributed by atoms with van der Waals surface area (Å²) in [5.74, 6) is 1.86. The van der Waals surface area contributed by atoms with Crippen LogP contribution in [0.3, 0.4) is 0 Å². The Labute approximate surface area is 253 Å². The van der Waals surface area contributed by atoms with Crippen LogP contribution in [0.1, 0.15) is 0 Å². The molecule has 0 saturated carbocycles. The van der Waals surface area contributed by atoms with Crippen LogP contribution in [0.25, 0.3) is 78.0 Å². The first-order valence-electron chi connectivity index (χ1n) is 14.7. The molecule has 5 heteroatoms. The molecule has 3 aromatic heterocycles. The van der Waals surface area contributed by atoms with Crippen molar-refractivity contribution in [1.29, 1.82) is 0 Å². The minimum Gasteiger partial charge on any atom is -0.309 e. The van der Waals surface area contributed by atoms with E-state index in [9.17, 15) is 0 Å². The van der Waals surface area contributed by atoms with E-state index in [0.29, 0.717) is 17.6 Å². The SMILES string of the molecule is c1ccc(-c2nc(-c3ccccc3)nc(-n3c4ccccc4c4c(-n5c6ccccc6c6ccccc65)cccc43)n2)cc1. The number of aromatic nitrogens is 5. The largest absolute Gasteiger partial charge is 0.309 e. The fraction of sp³-hybridized carbons (Fsp3) is 0. The smallest absolute Gasteiger partial charge is 0.238 e. The van der Waals surface area contributed by atoms with Crippen LogP contribution in [0.4, 0.5) is 0 Å². The van der Waals surface area contributed by atoms with Gasteiger partial charge in [0, 0.05) is 32.7 Å². The molecule has 0 atom stereocenters. The molecule has 0 radical (unpaired) electrons. The normalized spacial score (nSPS) is 11.6. The summed E-state index contributed by atoms with van der Waals surface area (Å²) in [6, 6.07) is 52.6. The zero-order valence-corrected chi connectivity index (χ0v) is 23.7. The maximum Gasteiger partial charge on any atom is 0.238 e. The van der Waals surface area contributed by atoms with E-state index < -0.39 is 0 Å². The lowest BCUT2D eigenvalue weighted by Crippen LogP contribution is -2.06. The maximum atomic E-state index is 5.10. The Morgan fingerprint density at radius 1 is 0.341 bits per heavy atom. The van der Waals surface area contributed by atoms with Gasteiger partial charge in [-0.2, -0.15) is 9.97 Å². The van der Waals surface area contributed by atoms with Gasteiger partial charge in [-0.15, -0.1) is 0 Å². The molecular formula is C39H25N5. The van der Waals surface area contributed by atoms with Crippen molar-refractivity contribution in [3.05, 3.63) is 152 Å². The number of rotatable bonds is 4. The van der Waals surface area contributed by atoms with Crippen molar-refractivity contribution in [2.45, 2.75) is 0 Å². The van der Waals surface area contributed by atoms with Gasteiger partial charge in [-0.3, -0.25) is 4.57 Å². The summed E-state index contributed by atoms with van der Waals surface area (Å²) in [6.07, 6.45) is 0. The van der Waals surface area contributed by atoms with Crippen LogP contribution in [0.5, 0.6) is 0 Å². The third-order valence-electron chi connectivity index (χ3n) is 8.38. The Balaban J connectivity index is 1.39. The molecule has 9 rings (SSSR count). The number of nitrogens with zero attached hydrogens (tertiary/aromatic N) is 5. The first kappa shape index (κ1) is 24.5. The number of para-hydroxylation sites is 3. The van der Waals surface area contributed by atoms with Gasteiger partial charge in [-0.05, 0) is 30.3 Å². The Morgan fingerprint density at radius 3 is 1.36 bits per heavy atom. The molecule has 0 aliphatic rings. The van der Waals surface area contributed by atoms with Gasteiger partial charge in [-0.1, -0.05) is 121 Å². The zero-order valence-electron chi connectivity index (χ0n) is 23.7. The zero-order chi connectivity index (χ0) is 29.0. The molecule has 3 heterocycles. The average Bonchev–Trinajstić information content (AvgIpc) is 3.62. The molecule has 0 N–H and O–H groups in total. The molecule has 0 amide bonds. The lowest BCUT2D eigenvalue weighted by Gasteiger charge is -2.12. The fourth-order valence-electron chi connectivity index (χ4n) is 6.48. The van der Waals surface area contributed by atoms with Crippen molar-refractivity contribution >= 4 is 43.6 Å². The topological polar surface area (TPSA) is 48.5 Å². The molecule has 9 aromatic rings. The summed E-state index contributed by atoms with van der Waals surface area (Å²) in [6.45, 7) is 0. The van der Waals surface area contributed by atoms with Gasteiger partial charge in [-0.25, -0.2) is 4.98 Å². The lowest BCUT2D eigenvalue weighted by atomic mass is 10.1. The van der Waals surface area contributed by atoms with E-state index in [1.807, 2.05) is 60.7 Å². The second-order valence-electron chi connectivity index (χ2n) is 10.9. The van der Waals surface area contributed by atoms with Crippen molar-refractivity contribution < 1.29 is 0 Å². The van der Waals surface area contributed by atoms with E-state index in [2.05, 4.69) is 100 Å². The van der Waals surface area contributed by atoms with Crippen molar-refractivity contribution in [3.63, 3.8) is 0 Å². The molecule has 206 valence electrons. The highest BCUT2D eigenvalue weighted by molar-refractivity contribution is 6.16. The van der Waals surface area contributed by atoms with Gasteiger partial charge in [0.2, 0.25) is 5.95 Å². The van der Waals surface area contributed by atoms with Gasteiger partial charge in [0.15, 0.2) is 11.6 Å². The molecule has 0 unspecified atom stereocenters. The third kappa shape index (κ3) is 3.69. The Kier molecular flexibility index (Phi) is 5.43. The minimum atomic E-state index is 0.586. The van der Waals surface area contributed by atoms with Crippen molar-refractivity contribution in [2.24, 2.45) is 0 Å². The quantitative estimate of drug-likeness (QED) is 0.214. The average molecular weight is 564 g/mol. The second-order valence-corrected chi connectivity index (χ2v) is 10.9. The number of fused-ring (bicyclic) bond motifs is 6. The monoisotopic (exact) mass is 563 g/mol. The molecule has 5 nitrogen and oxygen atoms in total. The maximum absolute atomic E-state index is 5.10. The van der Waals surface area contributed by atoms with Crippen LogP contribution in [-0.4, -0.2) is 24.1 Å². The number of hydrogen-bond donors (Lipinski definition) is 0. The summed E-state index contributed by atoms with van der Waals surface area (Å²) in [4.78, 5) is 15.1. The molecule has 0 bridgehead atoms. The molecule has 0 spiro atoms. The highest BCUT2D eigenvalue weighted by Gasteiger charge is 2.21. The van der Waals surface area contributed by atoms with E-state index in [4.69, 9.17) is 15.0 Å². The van der Waals surface area contributed by atoms with Crippen LogP contribution < -0.4 is 0 Å². The van der Waals surface area contributed by atoms with Gasteiger partial charge >= 0.3 is 0 Å². The predicted molar refractivity (Wildman–Crippen MR) is 179 cm³/mol. The third-order valence-corrected chi connectivity index (χ3v) is 8.38. The summed E-state index contributed by atoms with van der Waals surface area (Å²) < 4.78 is 4.57. The van der Waals surface area contributed by atoms with Gasteiger partial charge in [0.1, 0.15) is 0 Å². The summed E-state index contributed by atoms with van der Waals surface area (Å²) in [5.41, 5.74) is 7.44. The molecule has 0 saturated heterocycles. The molecule has 6 aromatic carbocycles. The minimum absolute atomic E-state index is 0.586. The van der Waals surface area contributed by atoms with Crippen LogP contribution in [0, 0.1) is 0 Å². The van der Waals surface area contributed by atoms with Gasteiger partial charge in [0.25, 0.3) is 0 Å². The summed E-state index contributed by atoms with van der Waals surface area (Å²) in [5, 5.41) is 4.77. The Bertz CT molecular complexity index is 2380. The van der Waals surface area contributed by atoms with Crippen LogP contribution >= 0.6 is 0 Å². The van der Waals surface area contributed by atoms with Crippen LogP contribution in [0.2, 0.25) is 0 Å². The summed E-state index contributed by atoms with van der Waals surface area (Å²) in [7, 11) is 0. The first-order chi connectivity index (χ1) is 21.8. The first-order valence-corrected chi connectivity index (χ1v) is 14.7. The molecular weight excluding hydrogens is 538 g/mol. The lowest BCUT2D eigenvalue weighted by molar-refractivity contribution is 0.953. The number of benzene rings is 6. The summed E-state index contributed by atoms with van der Waals surface area (Å²) >= 11 is 0. The number of hydrogen-bond acceptors (Lipinski definition) is 3. The molecule has 0 fully saturated rings. The van der Waals surface area contributed by atoms with E-state index >= 15 is 0 Å². The van der Waals surface area contributed by atoms with E-state index in [0.717, 1.165) is 38.6 Å². The van der Waals surface area contributed by atoms with Gasteiger partial charge in [0.05, 0.1) is 27.8 Å². The molecule has 0 aliphatic heterocycles. The molecule has 0 aliphatic carbocycles. The van der Waals surface area contributed by atoms with E-state index in [1.54, 1.807) is 0 Å². The highest BCUT2D eigenvalue weighted by Crippen LogP contribution is 2.39. The van der Waals surface area contributed by atoms with Crippen LogP contribution in [-0.2, 0) is 0 Å². The van der Waals surface area contributed by atoms with Crippen molar-refractivity contribution in [3.8, 4) is 34.4 Å². The molecule has 44 heavy (non-hydrogen) atoms. The van der Waals surface area contributed by atoms with Crippen molar-refractivity contribution in [1.82, 2.24) is 24.1 Å². The van der Waals surface area contributed by atoms with Crippen molar-refractivity contribution in [2.75, 3.05) is 0 Å². The fourth-order valence-corrected chi connectivity index (χ4v) is 6.48. The highest BCUT2D eigenvalue weighted by atomic mass is 15.2. The van der Waals surface area contributed by atoms with Gasteiger partial charge < -0.3 is 4.57 Å². The Hall–Kier alpha value is -6.07.